The summed E-state index contributed by atoms with van der Waals surface area (Å²) in [5, 5.41) is 2.61. The lowest BCUT2D eigenvalue weighted by atomic mass is 9.87. The number of nitrogens with one attached hydrogen (secondary N) is 1. The van der Waals surface area contributed by atoms with Crippen molar-refractivity contribution in [3.63, 3.8) is 0 Å². The molecule has 0 fully saturated rings. The highest BCUT2D eigenvalue weighted by Gasteiger charge is 2.18. The zero-order valence-corrected chi connectivity index (χ0v) is 16.8. The first-order valence-corrected chi connectivity index (χ1v) is 9.00. The van der Waals surface area contributed by atoms with Crippen molar-refractivity contribution >= 4 is 17.7 Å². The maximum absolute atomic E-state index is 12.2. The number of likely N-dealkylation sites (N-methyl/N-ethyl adjacent to an activating group) is 2. The van der Waals surface area contributed by atoms with Crippen LogP contribution in [0.5, 0.6) is 0 Å². The van der Waals surface area contributed by atoms with Gasteiger partial charge in [0, 0.05) is 25.7 Å². The van der Waals surface area contributed by atoms with E-state index in [9.17, 15) is 14.4 Å². The molecule has 0 aliphatic rings. The summed E-state index contributed by atoms with van der Waals surface area (Å²) in [6.45, 7) is 11.2. The fourth-order valence-corrected chi connectivity index (χ4v) is 2.48. The van der Waals surface area contributed by atoms with Crippen molar-refractivity contribution < 1.29 is 14.4 Å². The number of carbonyl (C=O) groups is 3. The van der Waals surface area contributed by atoms with Gasteiger partial charge in [0.2, 0.25) is 11.8 Å². The van der Waals surface area contributed by atoms with Crippen molar-refractivity contribution in [3.05, 3.63) is 35.4 Å². The second-order valence-corrected chi connectivity index (χ2v) is 7.33. The molecule has 0 atom stereocenters. The van der Waals surface area contributed by atoms with Crippen LogP contribution in [0, 0.1) is 0 Å². The normalized spacial score (nSPS) is 11.0. The van der Waals surface area contributed by atoms with Gasteiger partial charge >= 0.3 is 0 Å². The maximum atomic E-state index is 12.2. The summed E-state index contributed by atoms with van der Waals surface area (Å²) in [6, 6.07) is 7.36. The number of nitrogens with zero attached hydrogens (tertiary/aromatic N) is 2. The van der Waals surface area contributed by atoms with Crippen LogP contribution in [0.15, 0.2) is 24.3 Å². The molecule has 0 unspecified atom stereocenters. The first-order valence-electron chi connectivity index (χ1n) is 9.00. The van der Waals surface area contributed by atoms with E-state index in [2.05, 4.69) is 26.1 Å². The molecule has 3 amide bonds. The third-order valence-electron chi connectivity index (χ3n) is 4.33. The molecule has 1 rings (SSSR count). The van der Waals surface area contributed by atoms with Crippen LogP contribution >= 0.6 is 0 Å². The van der Waals surface area contributed by atoms with Gasteiger partial charge in [-0.05, 0) is 37.0 Å². The Kier molecular flexibility index (Phi) is 7.80. The van der Waals surface area contributed by atoms with E-state index in [1.54, 1.807) is 24.1 Å². The van der Waals surface area contributed by atoms with Crippen LogP contribution in [0.25, 0.3) is 0 Å². The number of carbonyl (C=O) groups excluding carboxylic acids is 3. The summed E-state index contributed by atoms with van der Waals surface area (Å²) >= 11 is 0. The van der Waals surface area contributed by atoms with Crippen molar-refractivity contribution in [1.29, 1.82) is 0 Å². The molecule has 6 heteroatoms. The van der Waals surface area contributed by atoms with Crippen molar-refractivity contribution in [2.75, 3.05) is 33.2 Å². The highest BCUT2D eigenvalue weighted by molar-refractivity contribution is 5.96. The lowest BCUT2D eigenvalue weighted by molar-refractivity contribution is -0.138. The second kappa shape index (κ2) is 9.36. The van der Waals surface area contributed by atoms with Crippen molar-refractivity contribution in [2.24, 2.45) is 0 Å². The molecular formula is C20H31N3O3. The van der Waals surface area contributed by atoms with Crippen LogP contribution in [0.2, 0.25) is 0 Å². The molecule has 6 nitrogen and oxygen atoms in total. The Morgan fingerprint density at radius 1 is 0.962 bits per heavy atom. The SMILES string of the molecule is CCN(CC)C(=O)CN(C)C(=O)CNC(=O)c1ccc(C(C)(C)C)cc1. The quantitative estimate of drug-likeness (QED) is 0.808. The van der Waals surface area contributed by atoms with Gasteiger partial charge in [-0.2, -0.15) is 0 Å². The van der Waals surface area contributed by atoms with Crippen molar-refractivity contribution in [3.8, 4) is 0 Å². The lowest BCUT2D eigenvalue weighted by Crippen LogP contribution is -2.44. The minimum Gasteiger partial charge on any atom is -0.343 e. The zero-order chi connectivity index (χ0) is 19.9. The van der Waals surface area contributed by atoms with E-state index < -0.39 is 0 Å². The largest absolute Gasteiger partial charge is 0.343 e. The first-order chi connectivity index (χ1) is 12.1. The van der Waals surface area contributed by atoms with E-state index in [0.717, 1.165) is 5.56 Å². The molecule has 144 valence electrons. The van der Waals surface area contributed by atoms with Gasteiger partial charge in [-0.25, -0.2) is 0 Å². The third kappa shape index (κ3) is 6.17. The summed E-state index contributed by atoms with van der Waals surface area (Å²) in [5.41, 5.74) is 1.66. The molecular weight excluding hydrogens is 330 g/mol. The second-order valence-electron chi connectivity index (χ2n) is 7.33. The van der Waals surface area contributed by atoms with Gasteiger partial charge in [0.25, 0.3) is 5.91 Å². The predicted molar refractivity (Wildman–Crippen MR) is 103 cm³/mol. The summed E-state index contributed by atoms with van der Waals surface area (Å²) < 4.78 is 0. The molecule has 0 saturated carbocycles. The zero-order valence-electron chi connectivity index (χ0n) is 16.8. The molecule has 1 aromatic rings. The minimum atomic E-state index is -0.303. The van der Waals surface area contributed by atoms with Gasteiger partial charge in [-0.3, -0.25) is 14.4 Å². The Bertz CT molecular complexity index is 629. The summed E-state index contributed by atoms with van der Waals surface area (Å²) in [6.07, 6.45) is 0. The molecule has 1 N–H and O–H groups in total. The van der Waals surface area contributed by atoms with Crippen molar-refractivity contribution in [2.45, 2.75) is 40.0 Å². The first kappa shape index (κ1) is 21.7. The monoisotopic (exact) mass is 361 g/mol. The fourth-order valence-electron chi connectivity index (χ4n) is 2.48. The number of benzene rings is 1. The Morgan fingerprint density at radius 3 is 1.96 bits per heavy atom. The van der Waals surface area contributed by atoms with E-state index in [1.807, 2.05) is 26.0 Å². The standard InChI is InChI=1S/C20H31N3O3/c1-7-23(8-2)18(25)14-22(6)17(24)13-21-19(26)15-9-11-16(12-10-15)20(3,4)5/h9-12H,7-8,13-14H2,1-6H3,(H,21,26). The van der Waals surface area contributed by atoms with E-state index >= 15 is 0 Å². The van der Waals surface area contributed by atoms with Crippen LogP contribution in [-0.4, -0.2) is 60.7 Å². The third-order valence-corrected chi connectivity index (χ3v) is 4.33. The summed E-state index contributed by atoms with van der Waals surface area (Å²) in [5.74, 6) is -0.706. The number of hydrogen-bond donors (Lipinski definition) is 1. The van der Waals surface area contributed by atoms with Crippen LogP contribution < -0.4 is 5.32 Å². The molecule has 26 heavy (non-hydrogen) atoms. The van der Waals surface area contributed by atoms with Gasteiger partial charge in [-0.15, -0.1) is 0 Å². The van der Waals surface area contributed by atoms with Gasteiger partial charge < -0.3 is 15.1 Å². The van der Waals surface area contributed by atoms with Crippen LogP contribution in [0.3, 0.4) is 0 Å². The molecule has 0 aliphatic heterocycles. The molecule has 0 spiro atoms. The van der Waals surface area contributed by atoms with Crippen LogP contribution in [-0.2, 0) is 15.0 Å². The smallest absolute Gasteiger partial charge is 0.251 e. The van der Waals surface area contributed by atoms with Crippen LogP contribution in [0.1, 0.15) is 50.5 Å². The average molecular weight is 361 g/mol. The molecule has 1 aromatic carbocycles. The number of rotatable bonds is 7. The molecule has 0 bridgehead atoms. The maximum Gasteiger partial charge on any atom is 0.251 e. The summed E-state index contributed by atoms with van der Waals surface area (Å²) in [7, 11) is 1.56. The van der Waals surface area contributed by atoms with E-state index in [-0.39, 0.29) is 36.2 Å². The average Bonchev–Trinajstić information content (AvgIpc) is 2.59. The highest BCUT2D eigenvalue weighted by Crippen LogP contribution is 2.22. The Balaban J connectivity index is 2.56. The highest BCUT2D eigenvalue weighted by atomic mass is 16.2. The van der Waals surface area contributed by atoms with Gasteiger partial charge in [0.05, 0.1) is 13.1 Å². The molecule has 0 aliphatic carbocycles. The molecule has 0 radical (unpaired) electrons. The van der Waals surface area contributed by atoms with E-state index in [4.69, 9.17) is 0 Å². The molecule has 0 aromatic heterocycles. The Labute approximate surface area is 156 Å². The Hall–Kier alpha value is -2.37. The number of amides is 3. The molecule has 0 heterocycles. The summed E-state index contributed by atoms with van der Waals surface area (Å²) in [4.78, 5) is 39.4. The van der Waals surface area contributed by atoms with Gasteiger partial charge in [0.1, 0.15) is 0 Å². The van der Waals surface area contributed by atoms with Gasteiger partial charge in [-0.1, -0.05) is 32.9 Å². The Morgan fingerprint density at radius 2 is 1.50 bits per heavy atom. The van der Waals surface area contributed by atoms with Gasteiger partial charge in [0.15, 0.2) is 0 Å². The van der Waals surface area contributed by atoms with E-state index in [0.29, 0.717) is 18.7 Å². The topological polar surface area (TPSA) is 69.7 Å². The number of hydrogen-bond acceptors (Lipinski definition) is 3. The fraction of sp³-hybridized carbons (Fsp3) is 0.550. The minimum absolute atomic E-state index is 0.0106. The predicted octanol–water partition coefficient (Wildman–Crippen LogP) is 2.04. The lowest BCUT2D eigenvalue weighted by Gasteiger charge is -2.23. The van der Waals surface area contributed by atoms with E-state index in [1.165, 1.54) is 4.90 Å². The molecule has 0 saturated heterocycles. The van der Waals surface area contributed by atoms with Crippen molar-refractivity contribution in [1.82, 2.24) is 15.1 Å². The van der Waals surface area contributed by atoms with Crippen LogP contribution in [0.4, 0.5) is 0 Å².